The summed E-state index contributed by atoms with van der Waals surface area (Å²) < 4.78 is 1.65. The van der Waals surface area contributed by atoms with Gasteiger partial charge >= 0.3 is 5.97 Å². The highest BCUT2D eigenvalue weighted by Gasteiger charge is 2.11. The van der Waals surface area contributed by atoms with Crippen molar-refractivity contribution < 1.29 is 9.90 Å². The van der Waals surface area contributed by atoms with E-state index in [9.17, 15) is 4.79 Å². The Bertz CT molecular complexity index is 718. The molecule has 0 aliphatic carbocycles. The van der Waals surface area contributed by atoms with Gasteiger partial charge in [-0.15, -0.1) is 0 Å². The van der Waals surface area contributed by atoms with Crippen molar-refractivity contribution >= 4 is 11.6 Å². The lowest BCUT2D eigenvalue weighted by Crippen LogP contribution is -2.02. The fourth-order valence-electron chi connectivity index (χ4n) is 1.94. The van der Waals surface area contributed by atoms with Gasteiger partial charge in [-0.1, -0.05) is 0 Å². The molecule has 0 aromatic carbocycles. The molecule has 3 aromatic heterocycles. The highest BCUT2D eigenvalue weighted by atomic mass is 16.4. The normalized spacial score (nSPS) is 10.7. The highest BCUT2D eigenvalue weighted by Crippen LogP contribution is 2.22. The van der Waals surface area contributed by atoms with Crippen molar-refractivity contribution in [1.82, 2.24) is 19.6 Å². The second kappa shape index (κ2) is 4.49. The van der Waals surface area contributed by atoms with Crippen molar-refractivity contribution in [3.05, 3.63) is 48.5 Å². The number of hydrogen-bond acceptors (Lipinski definition) is 4. The van der Waals surface area contributed by atoms with Gasteiger partial charge in [0.25, 0.3) is 0 Å². The van der Waals surface area contributed by atoms with Crippen molar-refractivity contribution in [1.29, 1.82) is 0 Å². The van der Waals surface area contributed by atoms with Gasteiger partial charge in [0, 0.05) is 24.2 Å². The van der Waals surface area contributed by atoms with Crippen molar-refractivity contribution in [2.45, 2.75) is 6.42 Å². The molecule has 0 saturated carbocycles. The van der Waals surface area contributed by atoms with E-state index in [1.165, 1.54) is 0 Å². The molecule has 3 rings (SSSR count). The summed E-state index contributed by atoms with van der Waals surface area (Å²) in [4.78, 5) is 19.3. The smallest absolute Gasteiger partial charge is 0.307 e. The van der Waals surface area contributed by atoms with Gasteiger partial charge in [-0.05, 0) is 23.8 Å². The predicted molar refractivity (Wildman–Crippen MR) is 67.6 cm³/mol. The van der Waals surface area contributed by atoms with Crippen molar-refractivity contribution in [3.8, 4) is 11.3 Å². The Morgan fingerprint density at radius 3 is 3.00 bits per heavy atom. The molecule has 0 bridgehead atoms. The number of pyridine rings is 1. The largest absolute Gasteiger partial charge is 0.481 e. The zero-order chi connectivity index (χ0) is 13.2. The maximum absolute atomic E-state index is 10.9. The molecule has 94 valence electrons. The van der Waals surface area contributed by atoms with Gasteiger partial charge in [0.05, 0.1) is 18.3 Å². The van der Waals surface area contributed by atoms with Gasteiger partial charge < -0.3 is 5.11 Å². The van der Waals surface area contributed by atoms with Gasteiger partial charge in [-0.25, -0.2) is 9.50 Å². The van der Waals surface area contributed by atoms with Crippen LogP contribution >= 0.6 is 0 Å². The second-order valence-electron chi connectivity index (χ2n) is 4.06. The number of hydrogen-bond donors (Lipinski definition) is 1. The van der Waals surface area contributed by atoms with E-state index in [0.29, 0.717) is 11.3 Å². The third kappa shape index (κ3) is 2.15. The number of fused-ring (bicyclic) bond motifs is 1. The van der Waals surface area contributed by atoms with Crippen LogP contribution in [0.2, 0.25) is 0 Å². The molecule has 6 heteroatoms. The average molecular weight is 254 g/mol. The average Bonchev–Trinajstić information content (AvgIpc) is 2.82. The van der Waals surface area contributed by atoms with Crippen LogP contribution in [0.1, 0.15) is 5.56 Å². The number of nitrogens with zero attached hydrogens (tertiary/aromatic N) is 4. The van der Waals surface area contributed by atoms with Crippen LogP contribution in [0, 0.1) is 0 Å². The SMILES string of the molecule is O=C(O)Cc1cnccc1-c1cn2ncccc2n1. The van der Waals surface area contributed by atoms with E-state index in [2.05, 4.69) is 15.1 Å². The Morgan fingerprint density at radius 2 is 2.21 bits per heavy atom. The summed E-state index contributed by atoms with van der Waals surface area (Å²) in [6.07, 6.45) is 6.54. The highest BCUT2D eigenvalue weighted by molar-refractivity contribution is 5.75. The molecule has 0 atom stereocenters. The van der Waals surface area contributed by atoms with Crippen LogP contribution < -0.4 is 0 Å². The molecule has 0 spiro atoms. The number of aromatic nitrogens is 4. The van der Waals surface area contributed by atoms with Crippen LogP contribution in [0.15, 0.2) is 43.0 Å². The molecule has 0 fully saturated rings. The van der Waals surface area contributed by atoms with Gasteiger partial charge in [0.2, 0.25) is 0 Å². The molecule has 3 aromatic rings. The Balaban J connectivity index is 2.13. The van der Waals surface area contributed by atoms with E-state index in [0.717, 1.165) is 11.2 Å². The van der Waals surface area contributed by atoms with E-state index in [4.69, 9.17) is 5.11 Å². The van der Waals surface area contributed by atoms with E-state index in [-0.39, 0.29) is 6.42 Å². The van der Waals surface area contributed by atoms with Crippen LogP contribution in [0.3, 0.4) is 0 Å². The van der Waals surface area contributed by atoms with Crippen molar-refractivity contribution in [3.63, 3.8) is 0 Å². The lowest BCUT2D eigenvalue weighted by Gasteiger charge is -2.03. The number of carbonyl (C=O) groups is 1. The molecule has 3 heterocycles. The Hall–Kier alpha value is -2.76. The number of carboxylic acids is 1. The molecule has 1 N–H and O–H groups in total. The number of imidazole rings is 1. The minimum Gasteiger partial charge on any atom is -0.481 e. The van der Waals surface area contributed by atoms with Crippen LogP contribution in [0.25, 0.3) is 16.9 Å². The van der Waals surface area contributed by atoms with Crippen LogP contribution in [-0.4, -0.2) is 30.7 Å². The van der Waals surface area contributed by atoms with E-state index >= 15 is 0 Å². The van der Waals surface area contributed by atoms with Gasteiger partial charge in [-0.3, -0.25) is 9.78 Å². The molecule has 0 saturated heterocycles. The third-order valence-corrected chi connectivity index (χ3v) is 2.76. The first kappa shape index (κ1) is 11.3. The van der Waals surface area contributed by atoms with Gasteiger partial charge in [-0.2, -0.15) is 5.10 Å². The maximum atomic E-state index is 10.9. The summed E-state index contributed by atoms with van der Waals surface area (Å²) in [6.45, 7) is 0. The lowest BCUT2D eigenvalue weighted by molar-refractivity contribution is -0.136. The first-order chi connectivity index (χ1) is 9.24. The monoisotopic (exact) mass is 254 g/mol. The number of rotatable bonds is 3. The number of aliphatic carboxylic acids is 1. The predicted octanol–water partition coefficient (Wildman–Crippen LogP) is 1.42. The maximum Gasteiger partial charge on any atom is 0.307 e. The fraction of sp³-hybridized carbons (Fsp3) is 0.0769. The zero-order valence-electron chi connectivity index (χ0n) is 9.89. The minimum atomic E-state index is -0.892. The molecule has 19 heavy (non-hydrogen) atoms. The van der Waals surface area contributed by atoms with Crippen LogP contribution in [-0.2, 0) is 11.2 Å². The third-order valence-electron chi connectivity index (χ3n) is 2.76. The standard InChI is InChI=1S/C13H10N4O2/c18-13(19)6-9-7-14-5-3-10(9)11-8-17-12(16-11)2-1-4-15-17/h1-5,7-8H,6H2,(H,18,19). The summed E-state index contributed by atoms with van der Waals surface area (Å²) in [7, 11) is 0. The van der Waals surface area contributed by atoms with Gasteiger partial charge in [0.1, 0.15) is 0 Å². The fourth-order valence-corrected chi connectivity index (χ4v) is 1.94. The molecule has 0 aliphatic heterocycles. The lowest BCUT2D eigenvalue weighted by atomic mass is 10.1. The first-order valence-electron chi connectivity index (χ1n) is 5.69. The molecule has 0 amide bonds. The molecule has 0 radical (unpaired) electrons. The molecule has 0 aliphatic rings. The quantitative estimate of drug-likeness (QED) is 0.764. The topological polar surface area (TPSA) is 80.4 Å². The summed E-state index contributed by atoms with van der Waals surface area (Å²) in [5, 5.41) is 13.1. The molecule has 6 nitrogen and oxygen atoms in total. The Labute approximate surface area is 108 Å². The van der Waals surface area contributed by atoms with E-state index in [1.54, 1.807) is 41.4 Å². The van der Waals surface area contributed by atoms with Crippen molar-refractivity contribution in [2.75, 3.05) is 0 Å². The summed E-state index contributed by atoms with van der Waals surface area (Å²) in [5.74, 6) is -0.892. The Kier molecular flexibility index (Phi) is 2.68. The van der Waals surface area contributed by atoms with Crippen LogP contribution in [0.4, 0.5) is 0 Å². The van der Waals surface area contributed by atoms with E-state index in [1.807, 2.05) is 6.07 Å². The first-order valence-corrected chi connectivity index (χ1v) is 5.69. The Morgan fingerprint density at radius 1 is 1.32 bits per heavy atom. The van der Waals surface area contributed by atoms with Gasteiger partial charge in [0.15, 0.2) is 5.65 Å². The van der Waals surface area contributed by atoms with Crippen molar-refractivity contribution in [2.24, 2.45) is 0 Å². The summed E-state index contributed by atoms with van der Waals surface area (Å²) in [6, 6.07) is 5.41. The van der Waals surface area contributed by atoms with Crippen LogP contribution in [0.5, 0.6) is 0 Å². The second-order valence-corrected chi connectivity index (χ2v) is 4.06. The number of carboxylic acid groups (broad SMARTS) is 1. The molecular weight excluding hydrogens is 244 g/mol. The summed E-state index contributed by atoms with van der Waals surface area (Å²) in [5.41, 5.74) is 2.81. The molecular formula is C13H10N4O2. The molecule has 0 unspecified atom stereocenters. The zero-order valence-corrected chi connectivity index (χ0v) is 9.89. The summed E-state index contributed by atoms with van der Waals surface area (Å²) >= 11 is 0. The minimum absolute atomic E-state index is 0.0789. The van der Waals surface area contributed by atoms with E-state index < -0.39 is 5.97 Å².